The number of benzene rings is 1. The van der Waals surface area contributed by atoms with Crippen LogP contribution in [0.1, 0.15) is 19.8 Å². The van der Waals surface area contributed by atoms with Crippen LogP contribution in [-0.2, 0) is 4.74 Å². The minimum absolute atomic E-state index is 0.756. The molecular weight excluding hydrogens is 340 g/mol. The van der Waals surface area contributed by atoms with E-state index in [9.17, 15) is 0 Å². The molecule has 2 aliphatic rings. The second-order valence-electron chi connectivity index (χ2n) is 6.85. The zero-order valence-electron chi connectivity index (χ0n) is 16.6. The number of guanidine groups is 1. The molecule has 0 aliphatic carbocycles. The summed E-state index contributed by atoms with van der Waals surface area (Å²) in [5.41, 5.74) is 2.73. The van der Waals surface area contributed by atoms with Crippen molar-refractivity contribution in [3.63, 3.8) is 0 Å². The van der Waals surface area contributed by atoms with Crippen LogP contribution >= 0.6 is 0 Å². The first-order valence-electron chi connectivity index (χ1n) is 9.98. The molecule has 0 aromatic heterocycles. The highest BCUT2D eigenvalue weighted by Crippen LogP contribution is 2.20. The van der Waals surface area contributed by atoms with Gasteiger partial charge in [0.15, 0.2) is 5.96 Å². The van der Waals surface area contributed by atoms with E-state index in [1.54, 1.807) is 7.11 Å². The van der Waals surface area contributed by atoms with Crippen LogP contribution < -0.4 is 15.0 Å². The second kappa shape index (κ2) is 10.2. The summed E-state index contributed by atoms with van der Waals surface area (Å²) >= 11 is 0. The topological polar surface area (TPSA) is 49.3 Å². The number of methoxy groups -OCH3 is 1. The van der Waals surface area contributed by atoms with Crippen molar-refractivity contribution in [1.82, 2.24) is 10.2 Å². The van der Waals surface area contributed by atoms with Gasteiger partial charge in [-0.1, -0.05) is 11.6 Å². The molecule has 0 unspecified atom stereocenters. The van der Waals surface area contributed by atoms with Crippen LogP contribution in [-0.4, -0.2) is 70.5 Å². The van der Waals surface area contributed by atoms with Crippen LogP contribution in [0.2, 0.25) is 0 Å². The molecule has 0 saturated carbocycles. The van der Waals surface area contributed by atoms with Crippen LogP contribution in [0.4, 0.5) is 5.69 Å². The lowest BCUT2D eigenvalue weighted by Gasteiger charge is -2.37. The van der Waals surface area contributed by atoms with E-state index < -0.39 is 0 Å². The highest BCUT2D eigenvalue weighted by atomic mass is 16.5. The number of aliphatic imine (C=N–C) groups is 1. The smallest absolute Gasteiger partial charge is 0.194 e. The van der Waals surface area contributed by atoms with Crippen LogP contribution in [0.25, 0.3) is 0 Å². The summed E-state index contributed by atoms with van der Waals surface area (Å²) in [7, 11) is 1.70. The number of piperazine rings is 1. The molecule has 0 bridgehead atoms. The molecule has 2 heterocycles. The van der Waals surface area contributed by atoms with E-state index in [0.717, 1.165) is 77.0 Å². The molecule has 6 heteroatoms. The second-order valence-corrected chi connectivity index (χ2v) is 6.85. The Bertz CT molecular complexity index is 634. The third kappa shape index (κ3) is 5.63. The molecule has 1 aromatic carbocycles. The van der Waals surface area contributed by atoms with E-state index >= 15 is 0 Å². The monoisotopic (exact) mass is 372 g/mol. The van der Waals surface area contributed by atoms with Gasteiger partial charge >= 0.3 is 0 Å². The Morgan fingerprint density at radius 3 is 2.59 bits per heavy atom. The fourth-order valence-corrected chi connectivity index (χ4v) is 3.49. The molecule has 1 aromatic rings. The van der Waals surface area contributed by atoms with Crippen LogP contribution in [0.5, 0.6) is 5.75 Å². The maximum atomic E-state index is 5.38. The zero-order chi connectivity index (χ0) is 18.9. The lowest BCUT2D eigenvalue weighted by Crippen LogP contribution is -2.52. The molecule has 1 fully saturated rings. The first-order chi connectivity index (χ1) is 13.3. The van der Waals surface area contributed by atoms with Crippen molar-refractivity contribution in [2.75, 3.05) is 64.5 Å². The van der Waals surface area contributed by atoms with Gasteiger partial charge in [0.05, 0.1) is 20.3 Å². The van der Waals surface area contributed by atoms with Crippen molar-refractivity contribution in [3.05, 3.63) is 35.9 Å². The van der Waals surface area contributed by atoms with Crippen molar-refractivity contribution >= 4 is 11.6 Å². The maximum absolute atomic E-state index is 5.38. The van der Waals surface area contributed by atoms with E-state index in [1.807, 2.05) is 12.1 Å². The van der Waals surface area contributed by atoms with Crippen molar-refractivity contribution in [2.24, 2.45) is 4.99 Å². The fraction of sp³-hybridized carbons (Fsp3) is 0.571. The number of nitrogens with zero attached hydrogens (tertiary/aromatic N) is 3. The third-order valence-electron chi connectivity index (χ3n) is 5.10. The maximum Gasteiger partial charge on any atom is 0.194 e. The van der Waals surface area contributed by atoms with Gasteiger partial charge in [0, 0.05) is 45.0 Å². The Kier molecular flexibility index (Phi) is 7.39. The summed E-state index contributed by atoms with van der Waals surface area (Å²) in [6.07, 6.45) is 4.29. The third-order valence-corrected chi connectivity index (χ3v) is 5.10. The van der Waals surface area contributed by atoms with Crippen LogP contribution in [0, 0.1) is 0 Å². The van der Waals surface area contributed by atoms with E-state index in [-0.39, 0.29) is 0 Å². The predicted molar refractivity (Wildman–Crippen MR) is 111 cm³/mol. The lowest BCUT2D eigenvalue weighted by molar-refractivity contribution is 0.153. The number of ether oxygens (including phenoxy) is 2. The summed E-state index contributed by atoms with van der Waals surface area (Å²) < 4.78 is 10.6. The first-order valence-corrected chi connectivity index (χ1v) is 9.98. The lowest BCUT2D eigenvalue weighted by atomic mass is 10.1. The summed E-state index contributed by atoms with van der Waals surface area (Å²) in [6, 6.07) is 8.32. The SMILES string of the molecule is CCNC(=NCCC1=CCOCC1)N1CCN(c2ccc(OC)cc2)CC1. The summed E-state index contributed by atoms with van der Waals surface area (Å²) in [6.45, 7) is 9.43. The Balaban J connectivity index is 1.52. The van der Waals surface area contributed by atoms with E-state index in [1.165, 1.54) is 11.3 Å². The molecule has 2 aliphatic heterocycles. The standard InChI is InChI=1S/C21H32N4O2/c1-3-22-21(23-11-8-18-9-16-27-17-10-18)25-14-12-24(13-15-25)19-4-6-20(26-2)7-5-19/h4-7,9H,3,8,10-17H2,1-2H3,(H,22,23). The Morgan fingerprint density at radius 2 is 1.96 bits per heavy atom. The van der Waals surface area contributed by atoms with Gasteiger partial charge in [0.1, 0.15) is 5.75 Å². The summed E-state index contributed by atoms with van der Waals surface area (Å²) in [4.78, 5) is 9.67. The van der Waals surface area contributed by atoms with Gasteiger partial charge in [0.25, 0.3) is 0 Å². The predicted octanol–water partition coefficient (Wildman–Crippen LogP) is 2.52. The minimum atomic E-state index is 0.756. The molecule has 148 valence electrons. The molecule has 1 N–H and O–H groups in total. The van der Waals surface area contributed by atoms with Crippen molar-refractivity contribution in [2.45, 2.75) is 19.8 Å². The van der Waals surface area contributed by atoms with E-state index in [2.05, 4.69) is 40.2 Å². The molecule has 3 rings (SSSR count). The van der Waals surface area contributed by atoms with Gasteiger partial charge in [-0.25, -0.2) is 0 Å². The van der Waals surface area contributed by atoms with Crippen LogP contribution in [0.15, 0.2) is 40.9 Å². The number of hydrogen-bond donors (Lipinski definition) is 1. The molecule has 0 atom stereocenters. The molecule has 0 radical (unpaired) electrons. The minimum Gasteiger partial charge on any atom is -0.497 e. The number of hydrogen-bond acceptors (Lipinski definition) is 4. The van der Waals surface area contributed by atoms with Gasteiger partial charge < -0.3 is 24.6 Å². The van der Waals surface area contributed by atoms with Crippen molar-refractivity contribution < 1.29 is 9.47 Å². The number of anilines is 1. The van der Waals surface area contributed by atoms with E-state index in [4.69, 9.17) is 14.5 Å². The van der Waals surface area contributed by atoms with Crippen molar-refractivity contribution in [1.29, 1.82) is 0 Å². The molecular formula is C21H32N4O2. The van der Waals surface area contributed by atoms with Gasteiger partial charge in [-0.3, -0.25) is 4.99 Å². The van der Waals surface area contributed by atoms with Gasteiger partial charge in [-0.2, -0.15) is 0 Å². The molecule has 0 amide bonds. The van der Waals surface area contributed by atoms with Gasteiger partial charge in [0.2, 0.25) is 0 Å². The van der Waals surface area contributed by atoms with E-state index in [0.29, 0.717) is 0 Å². The highest BCUT2D eigenvalue weighted by molar-refractivity contribution is 5.80. The van der Waals surface area contributed by atoms with Crippen molar-refractivity contribution in [3.8, 4) is 5.75 Å². The zero-order valence-corrected chi connectivity index (χ0v) is 16.6. The van der Waals surface area contributed by atoms with Crippen LogP contribution in [0.3, 0.4) is 0 Å². The fourth-order valence-electron chi connectivity index (χ4n) is 3.49. The van der Waals surface area contributed by atoms with Gasteiger partial charge in [-0.15, -0.1) is 0 Å². The largest absolute Gasteiger partial charge is 0.497 e. The number of nitrogens with one attached hydrogen (secondary N) is 1. The average Bonchev–Trinajstić information content (AvgIpc) is 2.74. The summed E-state index contributed by atoms with van der Waals surface area (Å²) in [5, 5.41) is 3.46. The molecule has 1 saturated heterocycles. The Labute approximate surface area is 162 Å². The average molecular weight is 373 g/mol. The molecule has 0 spiro atoms. The Hall–Kier alpha value is -2.21. The number of rotatable bonds is 6. The molecule has 6 nitrogen and oxygen atoms in total. The normalized spacial score (nSPS) is 18.3. The molecule has 27 heavy (non-hydrogen) atoms. The van der Waals surface area contributed by atoms with Gasteiger partial charge in [-0.05, 0) is 44.0 Å². The summed E-state index contributed by atoms with van der Waals surface area (Å²) in [5.74, 6) is 1.94. The quantitative estimate of drug-likeness (QED) is 0.472. The first kappa shape index (κ1) is 19.5. The highest BCUT2D eigenvalue weighted by Gasteiger charge is 2.19. The Morgan fingerprint density at radius 1 is 1.19 bits per heavy atom.